The summed E-state index contributed by atoms with van der Waals surface area (Å²) >= 11 is 3.37. The van der Waals surface area contributed by atoms with E-state index >= 15 is 0 Å². The molecule has 0 aromatic heterocycles. The van der Waals surface area contributed by atoms with Crippen LogP contribution in [0.15, 0.2) is 16.6 Å². The van der Waals surface area contributed by atoms with Crippen LogP contribution in [-0.2, 0) is 9.59 Å². The lowest BCUT2D eigenvalue weighted by Crippen LogP contribution is -2.13. The molecule has 1 aliphatic rings. The molecular weight excluding hydrogens is 330 g/mol. The Bertz CT molecular complexity index is 532. The fourth-order valence-corrected chi connectivity index (χ4v) is 2.30. The minimum absolute atomic E-state index is 0.0681. The maximum Gasteiger partial charge on any atom is 0.303 e. The van der Waals surface area contributed by atoms with Crippen LogP contribution in [0.5, 0.6) is 11.5 Å². The third-order valence-corrected chi connectivity index (χ3v) is 3.24. The van der Waals surface area contributed by atoms with Gasteiger partial charge in [0.05, 0.1) is 24.1 Å². The highest BCUT2D eigenvalue weighted by atomic mass is 79.9. The second-order valence-corrected chi connectivity index (χ2v) is 5.13. The molecule has 1 amide bonds. The number of carboxylic acid groups (broad SMARTS) is 1. The van der Waals surface area contributed by atoms with Crippen molar-refractivity contribution in [1.82, 2.24) is 0 Å². The van der Waals surface area contributed by atoms with Gasteiger partial charge in [-0.25, -0.2) is 0 Å². The summed E-state index contributed by atoms with van der Waals surface area (Å²) in [5.41, 5.74) is 0.538. The third-order valence-electron chi connectivity index (χ3n) is 2.65. The molecule has 2 N–H and O–H groups in total. The van der Waals surface area contributed by atoms with Crippen LogP contribution in [0, 0.1) is 0 Å². The number of hydrogen-bond acceptors (Lipinski definition) is 4. The number of halogens is 1. The van der Waals surface area contributed by atoms with E-state index in [-0.39, 0.29) is 18.7 Å². The first kappa shape index (κ1) is 14.6. The number of rotatable bonds is 4. The Morgan fingerprint density at radius 1 is 1.25 bits per heavy atom. The molecule has 0 saturated heterocycles. The summed E-state index contributed by atoms with van der Waals surface area (Å²) in [6, 6.07) is 3.37. The number of nitrogens with one attached hydrogen (secondary N) is 1. The van der Waals surface area contributed by atoms with Crippen LogP contribution in [0.1, 0.15) is 19.3 Å². The van der Waals surface area contributed by atoms with Crippen molar-refractivity contribution in [2.45, 2.75) is 19.3 Å². The van der Waals surface area contributed by atoms with Gasteiger partial charge in [0.15, 0.2) is 11.5 Å². The molecule has 0 spiro atoms. The molecule has 6 nitrogen and oxygen atoms in total. The molecule has 1 aliphatic heterocycles. The van der Waals surface area contributed by atoms with Gasteiger partial charge in [-0.1, -0.05) is 0 Å². The Morgan fingerprint density at radius 3 is 2.75 bits per heavy atom. The molecule has 0 unspecified atom stereocenters. The smallest absolute Gasteiger partial charge is 0.303 e. The van der Waals surface area contributed by atoms with E-state index in [0.717, 1.165) is 6.42 Å². The van der Waals surface area contributed by atoms with Crippen molar-refractivity contribution >= 4 is 33.5 Å². The van der Waals surface area contributed by atoms with Crippen molar-refractivity contribution in [3.05, 3.63) is 16.6 Å². The average Bonchev–Trinajstić information content (AvgIpc) is 2.62. The molecule has 0 fully saturated rings. The average molecular weight is 344 g/mol. The van der Waals surface area contributed by atoms with Gasteiger partial charge in [0.1, 0.15) is 0 Å². The van der Waals surface area contributed by atoms with Gasteiger partial charge in [0.2, 0.25) is 5.91 Å². The summed E-state index contributed by atoms with van der Waals surface area (Å²) in [5, 5.41) is 11.2. The summed E-state index contributed by atoms with van der Waals surface area (Å²) < 4.78 is 11.8. The van der Waals surface area contributed by atoms with Crippen molar-refractivity contribution in [2.75, 3.05) is 18.5 Å². The standard InChI is InChI=1S/C13H14BrNO5/c14-9-6-8(15-11(16)2-3-12(17)18)7-10-13(9)20-5-1-4-19-10/h6-7H,1-5H2,(H,15,16)(H,17,18). The number of ether oxygens (including phenoxy) is 2. The van der Waals surface area contributed by atoms with Crippen LogP contribution in [0.25, 0.3) is 0 Å². The predicted octanol–water partition coefficient (Wildman–Crippen LogP) is 2.41. The highest BCUT2D eigenvalue weighted by Gasteiger charge is 2.16. The van der Waals surface area contributed by atoms with E-state index in [1.54, 1.807) is 12.1 Å². The molecule has 0 radical (unpaired) electrons. The first-order valence-corrected chi connectivity index (χ1v) is 6.96. The van der Waals surface area contributed by atoms with E-state index in [9.17, 15) is 9.59 Å². The van der Waals surface area contributed by atoms with E-state index < -0.39 is 5.97 Å². The van der Waals surface area contributed by atoms with E-state index in [0.29, 0.717) is 34.9 Å². The number of carbonyl (C=O) groups excluding carboxylic acids is 1. The fraction of sp³-hybridized carbons (Fsp3) is 0.385. The maximum absolute atomic E-state index is 11.6. The molecule has 2 rings (SSSR count). The molecule has 0 bridgehead atoms. The summed E-state index contributed by atoms with van der Waals surface area (Å²) in [5.74, 6) is -0.176. The van der Waals surface area contributed by atoms with E-state index in [1.807, 2.05) is 0 Å². The fourth-order valence-electron chi connectivity index (χ4n) is 1.75. The molecule has 0 saturated carbocycles. The van der Waals surface area contributed by atoms with Gasteiger partial charge in [-0.05, 0) is 22.0 Å². The van der Waals surface area contributed by atoms with Gasteiger partial charge in [0.25, 0.3) is 0 Å². The number of fused-ring (bicyclic) bond motifs is 1. The minimum Gasteiger partial charge on any atom is -0.489 e. The number of anilines is 1. The Labute approximate surface area is 124 Å². The monoisotopic (exact) mass is 343 g/mol. The van der Waals surface area contributed by atoms with Crippen LogP contribution in [0.2, 0.25) is 0 Å². The first-order valence-electron chi connectivity index (χ1n) is 6.17. The lowest BCUT2D eigenvalue weighted by atomic mass is 10.2. The Hall–Kier alpha value is -1.76. The van der Waals surface area contributed by atoms with Gasteiger partial charge in [-0.2, -0.15) is 0 Å². The molecule has 0 aliphatic carbocycles. The normalized spacial score (nSPS) is 13.4. The lowest BCUT2D eigenvalue weighted by Gasteiger charge is -2.12. The zero-order chi connectivity index (χ0) is 14.5. The van der Waals surface area contributed by atoms with Gasteiger partial charge < -0.3 is 19.9 Å². The van der Waals surface area contributed by atoms with Crippen LogP contribution in [-0.4, -0.2) is 30.2 Å². The maximum atomic E-state index is 11.6. The molecule has 1 heterocycles. The highest BCUT2D eigenvalue weighted by Crippen LogP contribution is 2.39. The second kappa shape index (κ2) is 6.60. The summed E-state index contributed by atoms with van der Waals surface area (Å²) in [7, 11) is 0. The molecule has 1 aromatic carbocycles. The third kappa shape index (κ3) is 3.86. The van der Waals surface area contributed by atoms with Crippen molar-refractivity contribution in [1.29, 1.82) is 0 Å². The number of hydrogen-bond donors (Lipinski definition) is 2. The number of amides is 1. The van der Waals surface area contributed by atoms with Crippen LogP contribution >= 0.6 is 15.9 Å². The SMILES string of the molecule is O=C(O)CCC(=O)Nc1cc(Br)c2c(c1)OCCCO2. The molecule has 7 heteroatoms. The number of carboxylic acids is 1. The van der Waals surface area contributed by atoms with Crippen LogP contribution in [0.3, 0.4) is 0 Å². The van der Waals surface area contributed by atoms with Crippen molar-refractivity contribution < 1.29 is 24.2 Å². The topological polar surface area (TPSA) is 84.9 Å². The quantitative estimate of drug-likeness (QED) is 0.876. The molecule has 20 heavy (non-hydrogen) atoms. The molecule has 0 atom stereocenters. The van der Waals surface area contributed by atoms with E-state index in [2.05, 4.69) is 21.2 Å². The van der Waals surface area contributed by atoms with Gasteiger partial charge in [0, 0.05) is 24.6 Å². The zero-order valence-corrected chi connectivity index (χ0v) is 12.2. The van der Waals surface area contributed by atoms with Crippen molar-refractivity contribution in [3.8, 4) is 11.5 Å². The second-order valence-electron chi connectivity index (χ2n) is 4.28. The van der Waals surface area contributed by atoms with Crippen LogP contribution < -0.4 is 14.8 Å². The lowest BCUT2D eigenvalue weighted by molar-refractivity contribution is -0.138. The van der Waals surface area contributed by atoms with Gasteiger partial charge in [-0.15, -0.1) is 0 Å². The molecular formula is C13H14BrNO5. The van der Waals surface area contributed by atoms with E-state index in [1.165, 1.54) is 0 Å². The van der Waals surface area contributed by atoms with Crippen molar-refractivity contribution in [3.63, 3.8) is 0 Å². The number of aliphatic carboxylic acids is 1. The van der Waals surface area contributed by atoms with Gasteiger partial charge in [-0.3, -0.25) is 9.59 Å². The summed E-state index contributed by atoms with van der Waals surface area (Å²) in [6.45, 7) is 1.13. The van der Waals surface area contributed by atoms with Crippen LogP contribution in [0.4, 0.5) is 5.69 Å². The Balaban J connectivity index is 2.09. The zero-order valence-electron chi connectivity index (χ0n) is 10.6. The molecule has 1 aromatic rings. The number of carbonyl (C=O) groups is 2. The van der Waals surface area contributed by atoms with Crippen molar-refractivity contribution in [2.24, 2.45) is 0 Å². The summed E-state index contributed by atoms with van der Waals surface area (Å²) in [4.78, 5) is 22.0. The number of benzene rings is 1. The Morgan fingerprint density at radius 2 is 2.00 bits per heavy atom. The minimum atomic E-state index is -1.00. The van der Waals surface area contributed by atoms with E-state index in [4.69, 9.17) is 14.6 Å². The largest absolute Gasteiger partial charge is 0.489 e. The predicted molar refractivity (Wildman–Crippen MR) is 75.2 cm³/mol. The van der Waals surface area contributed by atoms with Gasteiger partial charge >= 0.3 is 5.97 Å². The molecule has 108 valence electrons. The highest BCUT2D eigenvalue weighted by molar-refractivity contribution is 9.10. The summed E-state index contributed by atoms with van der Waals surface area (Å²) in [6.07, 6.45) is 0.528. The first-order chi connectivity index (χ1) is 9.56. The Kier molecular flexibility index (Phi) is 4.84.